The fourth-order valence-corrected chi connectivity index (χ4v) is 2.33. The Morgan fingerprint density at radius 1 is 1.47 bits per heavy atom. The van der Waals surface area contributed by atoms with Crippen LogP contribution >= 0.6 is 0 Å². The third kappa shape index (κ3) is 2.95. The lowest BCUT2D eigenvalue weighted by molar-refractivity contribution is 0.121. The van der Waals surface area contributed by atoms with Crippen molar-refractivity contribution in [3.8, 4) is 5.75 Å². The molecule has 2 heteroatoms. The largest absolute Gasteiger partial charge is 0.489 e. The molecule has 0 bridgehead atoms. The Kier molecular flexibility index (Phi) is 3.59. The van der Waals surface area contributed by atoms with Gasteiger partial charge in [0.1, 0.15) is 5.75 Å². The van der Waals surface area contributed by atoms with Crippen molar-refractivity contribution in [2.24, 2.45) is 5.92 Å². The van der Waals surface area contributed by atoms with Crippen LogP contribution in [0, 0.1) is 5.92 Å². The Bertz CT molecular complexity index is 286. The Morgan fingerprint density at radius 3 is 3.13 bits per heavy atom. The van der Waals surface area contributed by atoms with Crippen LogP contribution in [0.2, 0.25) is 0 Å². The van der Waals surface area contributed by atoms with E-state index in [-0.39, 0.29) is 0 Å². The van der Waals surface area contributed by atoms with Crippen molar-refractivity contribution in [1.29, 1.82) is 0 Å². The van der Waals surface area contributed by atoms with E-state index in [2.05, 4.69) is 11.9 Å². The lowest BCUT2D eigenvalue weighted by atomic mass is 9.85. The number of aromatic nitrogens is 1. The maximum atomic E-state index is 5.92. The molecule has 1 saturated carbocycles. The summed E-state index contributed by atoms with van der Waals surface area (Å²) in [4.78, 5) is 4.06. The van der Waals surface area contributed by atoms with Crippen molar-refractivity contribution in [1.82, 2.24) is 4.98 Å². The molecular weight excluding hydrogens is 186 g/mol. The molecule has 0 N–H and O–H groups in total. The Labute approximate surface area is 91.7 Å². The van der Waals surface area contributed by atoms with Crippen LogP contribution < -0.4 is 4.74 Å². The standard InChI is InChI=1S/C13H19NO/c1-2-11-5-3-6-12(9-11)15-13-7-4-8-14-10-13/h4,7-8,10-12H,2-3,5-6,9H2,1H3. The van der Waals surface area contributed by atoms with E-state index in [4.69, 9.17) is 4.74 Å². The molecule has 2 rings (SSSR count). The van der Waals surface area contributed by atoms with Crippen LogP contribution in [-0.4, -0.2) is 11.1 Å². The van der Waals surface area contributed by atoms with E-state index in [9.17, 15) is 0 Å². The summed E-state index contributed by atoms with van der Waals surface area (Å²) >= 11 is 0. The fourth-order valence-electron chi connectivity index (χ4n) is 2.33. The number of ether oxygens (including phenoxy) is 1. The van der Waals surface area contributed by atoms with E-state index in [1.165, 1.54) is 32.1 Å². The van der Waals surface area contributed by atoms with Crippen LogP contribution in [0.5, 0.6) is 5.75 Å². The summed E-state index contributed by atoms with van der Waals surface area (Å²) in [6.45, 7) is 2.27. The van der Waals surface area contributed by atoms with Crippen molar-refractivity contribution < 1.29 is 4.74 Å². The Hall–Kier alpha value is -1.05. The molecule has 2 unspecified atom stereocenters. The smallest absolute Gasteiger partial charge is 0.137 e. The highest BCUT2D eigenvalue weighted by Crippen LogP contribution is 2.29. The summed E-state index contributed by atoms with van der Waals surface area (Å²) in [6, 6.07) is 3.91. The first-order valence-corrected chi connectivity index (χ1v) is 5.95. The molecule has 1 aliphatic carbocycles. The molecule has 1 heterocycles. The van der Waals surface area contributed by atoms with Gasteiger partial charge in [-0.3, -0.25) is 4.98 Å². The topological polar surface area (TPSA) is 22.1 Å². The molecule has 0 amide bonds. The van der Waals surface area contributed by atoms with Gasteiger partial charge in [-0.2, -0.15) is 0 Å². The van der Waals surface area contributed by atoms with Crippen molar-refractivity contribution in [3.63, 3.8) is 0 Å². The summed E-state index contributed by atoms with van der Waals surface area (Å²) in [5, 5.41) is 0. The SMILES string of the molecule is CCC1CCCC(Oc2cccnc2)C1. The summed E-state index contributed by atoms with van der Waals surface area (Å²) < 4.78 is 5.92. The first-order chi connectivity index (χ1) is 7.38. The summed E-state index contributed by atoms with van der Waals surface area (Å²) in [7, 11) is 0. The Balaban J connectivity index is 1.89. The molecule has 0 aromatic carbocycles. The van der Waals surface area contributed by atoms with Gasteiger partial charge in [-0.05, 0) is 37.3 Å². The minimum atomic E-state index is 0.410. The van der Waals surface area contributed by atoms with E-state index in [0.717, 1.165) is 11.7 Å². The number of nitrogens with zero attached hydrogens (tertiary/aromatic N) is 1. The molecule has 1 aromatic rings. The van der Waals surface area contributed by atoms with Crippen LogP contribution in [0.4, 0.5) is 0 Å². The highest BCUT2D eigenvalue weighted by molar-refractivity contribution is 5.15. The maximum Gasteiger partial charge on any atom is 0.137 e. The molecule has 0 aliphatic heterocycles. The van der Waals surface area contributed by atoms with Crippen LogP contribution in [0.3, 0.4) is 0 Å². The van der Waals surface area contributed by atoms with E-state index >= 15 is 0 Å². The Morgan fingerprint density at radius 2 is 2.40 bits per heavy atom. The fraction of sp³-hybridized carbons (Fsp3) is 0.615. The summed E-state index contributed by atoms with van der Waals surface area (Å²) in [5.41, 5.74) is 0. The molecule has 82 valence electrons. The zero-order valence-electron chi connectivity index (χ0n) is 9.36. The number of hydrogen-bond acceptors (Lipinski definition) is 2. The molecule has 2 atom stereocenters. The van der Waals surface area contributed by atoms with Gasteiger partial charge in [0, 0.05) is 6.20 Å². The van der Waals surface area contributed by atoms with Gasteiger partial charge in [0.25, 0.3) is 0 Å². The number of pyridine rings is 1. The van der Waals surface area contributed by atoms with Crippen molar-refractivity contribution in [3.05, 3.63) is 24.5 Å². The van der Waals surface area contributed by atoms with Gasteiger partial charge in [0.2, 0.25) is 0 Å². The second-order valence-corrected chi connectivity index (χ2v) is 4.37. The molecule has 15 heavy (non-hydrogen) atoms. The molecule has 1 aromatic heterocycles. The van der Waals surface area contributed by atoms with E-state index in [1.54, 1.807) is 12.4 Å². The van der Waals surface area contributed by atoms with E-state index in [0.29, 0.717) is 6.10 Å². The van der Waals surface area contributed by atoms with Crippen LogP contribution in [0.25, 0.3) is 0 Å². The van der Waals surface area contributed by atoms with Gasteiger partial charge in [-0.25, -0.2) is 0 Å². The van der Waals surface area contributed by atoms with Gasteiger partial charge in [0.05, 0.1) is 12.3 Å². The highest BCUT2D eigenvalue weighted by atomic mass is 16.5. The zero-order valence-corrected chi connectivity index (χ0v) is 9.36. The minimum absolute atomic E-state index is 0.410. The molecule has 2 nitrogen and oxygen atoms in total. The first-order valence-electron chi connectivity index (χ1n) is 5.95. The highest BCUT2D eigenvalue weighted by Gasteiger charge is 2.21. The molecule has 0 radical (unpaired) electrons. The van der Waals surface area contributed by atoms with Crippen molar-refractivity contribution >= 4 is 0 Å². The van der Waals surface area contributed by atoms with Crippen LogP contribution in [0.15, 0.2) is 24.5 Å². The van der Waals surface area contributed by atoms with E-state index in [1.807, 2.05) is 12.1 Å². The molecular formula is C13H19NO. The zero-order chi connectivity index (χ0) is 10.5. The first kappa shape index (κ1) is 10.5. The summed E-state index contributed by atoms with van der Waals surface area (Å²) in [6.07, 6.45) is 10.4. The van der Waals surface area contributed by atoms with E-state index < -0.39 is 0 Å². The second kappa shape index (κ2) is 5.15. The third-order valence-corrected chi connectivity index (χ3v) is 3.25. The predicted molar refractivity (Wildman–Crippen MR) is 60.9 cm³/mol. The average Bonchev–Trinajstić information content (AvgIpc) is 2.31. The lowest BCUT2D eigenvalue weighted by Crippen LogP contribution is -2.25. The second-order valence-electron chi connectivity index (χ2n) is 4.37. The number of hydrogen-bond donors (Lipinski definition) is 0. The molecule has 0 spiro atoms. The normalized spacial score (nSPS) is 26.2. The summed E-state index contributed by atoms with van der Waals surface area (Å²) in [5.74, 6) is 1.78. The minimum Gasteiger partial charge on any atom is -0.489 e. The quantitative estimate of drug-likeness (QED) is 0.754. The van der Waals surface area contributed by atoms with Crippen LogP contribution in [0.1, 0.15) is 39.0 Å². The van der Waals surface area contributed by atoms with Gasteiger partial charge in [-0.1, -0.05) is 19.8 Å². The maximum absolute atomic E-state index is 5.92. The molecule has 1 fully saturated rings. The predicted octanol–water partition coefficient (Wildman–Crippen LogP) is 3.43. The van der Waals surface area contributed by atoms with Crippen LogP contribution in [-0.2, 0) is 0 Å². The van der Waals surface area contributed by atoms with Gasteiger partial charge >= 0.3 is 0 Å². The van der Waals surface area contributed by atoms with Gasteiger partial charge in [0.15, 0.2) is 0 Å². The van der Waals surface area contributed by atoms with Crippen molar-refractivity contribution in [2.75, 3.05) is 0 Å². The third-order valence-electron chi connectivity index (χ3n) is 3.25. The van der Waals surface area contributed by atoms with Gasteiger partial charge < -0.3 is 4.74 Å². The number of rotatable bonds is 3. The van der Waals surface area contributed by atoms with Crippen molar-refractivity contribution in [2.45, 2.75) is 45.1 Å². The average molecular weight is 205 g/mol. The molecule has 0 saturated heterocycles. The van der Waals surface area contributed by atoms with Gasteiger partial charge in [-0.15, -0.1) is 0 Å². The monoisotopic (exact) mass is 205 g/mol. The molecule has 1 aliphatic rings. The lowest BCUT2D eigenvalue weighted by Gasteiger charge is -2.28.